The summed E-state index contributed by atoms with van der Waals surface area (Å²) in [6.07, 6.45) is 20.3. The molecule has 1 atom stereocenters. The van der Waals surface area contributed by atoms with E-state index < -0.39 is 0 Å². The summed E-state index contributed by atoms with van der Waals surface area (Å²) in [5, 5.41) is 0. The SMILES string of the molecule is C\C=N/C=C(\N=C/C)C(CCCCCC)CCCCCCC. The lowest BCUT2D eigenvalue weighted by atomic mass is 9.92. The third-order valence-corrected chi connectivity index (χ3v) is 4.11. The van der Waals surface area contributed by atoms with E-state index in [2.05, 4.69) is 23.8 Å². The average molecular weight is 307 g/mol. The zero-order valence-corrected chi connectivity index (χ0v) is 15.5. The summed E-state index contributed by atoms with van der Waals surface area (Å²) in [6.45, 7) is 8.51. The third-order valence-electron chi connectivity index (χ3n) is 4.11. The van der Waals surface area contributed by atoms with Crippen molar-refractivity contribution in [1.29, 1.82) is 0 Å². The highest BCUT2D eigenvalue weighted by molar-refractivity contribution is 5.56. The molecule has 1 unspecified atom stereocenters. The fourth-order valence-corrected chi connectivity index (χ4v) is 2.80. The van der Waals surface area contributed by atoms with Crippen molar-refractivity contribution in [1.82, 2.24) is 0 Å². The predicted molar refractivity (Wildman–Crippen MR) is 102 cm³/mol. The van der Waals surface area contributed by atoms with Gasteiger partial charge in [0.1, 0.15) is 0 Å². The monoisotopic (exact) mass is 306 g/mol. The molecular weight excluding hydrogens is 268 g/mol. The second kappa shape index (κ2) is 16.5. The highest BCUT2D eigenvalue weighted by atomic mass is 14.8. The Morgan fingerprint density at radius 2 is 1.32 bits per heavy atom. The maximum Gasteiger partial charge on any atom is 0.0612 e. The third kappa shape index (κ3) is 11.7. The smallest absolute Gasteiger partial charge is 0.0612 e. The molecule has 2 nitrogen and oxygen atoms in total. The normalized spacial score (nSPS) is 14.3. The van der Waals surface area contributed by atoms with Gasteiger partial charge in [-0.25, -0.2) is 0 Å². The van der Waals surface area contributed by atoms with Crippen LogP contribution < -0.4 is 0 Å². The van der Waals surface area contributed by atoms with Crippen molar-refractivity contribution in [3.8, 4) is 0 Å². The number of nitrogens with zero attached hydrogens (tertiary/aromatic N) is 2. The van der Waals surface area contributed by atoms with E-state index in [4.69, 9.17) is 0 Å². The van der Waals surface area contributed by atoms with Gasteiger partial charge in [-0.15, -0.1) is 0 Å². The van der Waals surface area contributed by atoms with Gasteiger partial charge in [0.15, 0.2) is 0 Å². The van der Waals surface area contributed by atoms with Crippen molar-refractivity contribution >= 4 is 12.4 Å². The fraction of sp³-hybridized carbons (Fsp3) is 0.800. The maximum absolute atomic E-state index is 4.60. The van der Waals surface area contributed by atoms with Gasteiger partial charge in [-0.1, -0.05) is 71.6 Å². The summed E-state index contributed by atoms with van der Waals surface area (Å²) in [4.78, 5) is 8.91. The van der Waals surface area contributed by atoms with Gasteiger partial charge >= 0.3 is 0 Å². The Balaban J connectivity index is 4.51. The molecule has 0 aliphatic heterocycles. The van der Waals surface area contributed by atoms with Crippen molar-refractivity contribution in [2.45, 2.75) is 98.3 Å². The van der Waals surface area contributed by atoms with Crippen molar-refractivity contribution < 1.29 is 0 Å². The molecule has 0 bridgehead atoms. The van der Waals surface area contributed by atoms with Gasteiger partial charge in [-0.3, -0.25) is 9.98 Å². The molecule has 0 aliphatic rings. The van der Waals surface area contributed by atoms with Crippen LogP contribution in [0.3, 0.4) is 0 Å². The van der Waals surface area contributed by atoms with E-state index in [1.165, 1.54) is 76.3 Å². The van der Waals surface area contributed by atoms with Gasteiger partial charge in [0.05, 0.1) is 5.70 Å². The van der Waals surface area contributed by atoms with Crippen LogP contribution in [0, 0.1) is 5.92 Å². The number of allylic oxidation sites excluding steroid dienone is 1. The van der Waals surface area contributed by atoms with Gasteiger partial charge in [0.2, 0.25) is 0 Å². The van der Waals surface area contributed by atoms with Gasteiger partial charge in [0, 0.05) is 24.5 Å². The topological polar surface area (TPSA) is 24.7 Å². The number of hydrogen-bond acceptors (Lipinski definition) is 2. The molecule has 0 spiro atoms. The van der Waals surface area contributed by atoms with Crippen LogP contribution in [0.15, 0.2) is 21.9 Å². The molecule has 0 saturated heterocycles. The van der Waals surface area contributed by atoms with Gasteiger partial charge in [0.25, 0.3) is 0 Å². The minimum Gasteiger partial charge on any atom is -0.267 e. The second-order valence-corrected chi connectivity index (χ2v) is 6.10. The van der Waals surface area contributed by atoms with Crippen LogP contribution >= 0.6 is 0 Å². The zero-order valence-electron chi connectivity index (χ0n) is 15.5. The number of hydrogen-bond donors (Lipinski definition) is 0. The summed E-state index contributed by atoms with van der Waals surface area (Å²) in [5.74, 6) is 0.582. The molecule has 0 aromatic heterocycles. The summed E-state index contributed by atoms with van der Waals surface area (Å²) in [7, 11) is 0. The molecule has 0 heterocycles. The molecule has 0 aromatic rings. The summed E-state index contributed by atoms with van der Waals surface area (Å²) < 4.78 is 0. The van der Waals surface area contributed by atoms with E-state index in [1.807, 2.05) is 32.5 Å². The average Bonchev–Trinajstić information content (AvgIpc) is 2.53. The standard InChI is InChI=1S/C20H38N2/c1-5-9-11-13-15-17-19(16-14-12-10-6-2)20(22-8-4)18-21-7-3/h7-8,18-19H,5-6,9-17H2,1-4H3/b20-18-,21-7-,22-8-. The Hall–Kier alpha value is -0.920. The molecule has 0 fully saturated rings. The molecule has 0 amide bonds. The van der Waals surface area contributed by atoms with Gasteiger partial charge < -0.3 is 0 Å². The van der Waals surface area contributed by atoms with Crippen LogP contribution in [0.2, 0.25) is 0 Å². The second-order valence-electron chi connectivity index (χ2n) is 6.10. The van der Waals surface area contributed by atoms with Crippen LogP contribution in [0.4, 0.5) is 0 Å². The summed E-state index contributed by atoms with van der Waals surface area (Å²) >= 11 is 0. The molecule has 0 radical (unpaired) electrons. The lowest BCUT2D eigenvalue weighted by Crippen LogP contribution is -2.04. The molecular formula is C20H38N2. The number of rotatable bonds is 14. The van der Waals surface area contributed by atoms with E-state index in [-0.39, 0.29) is 0 Å². The van der Waals surface area contributed by atoms with Gasteiger partial charge in [-0.05, 0) is 26.7 Å². The largest absolute Gasteiger partial charge is 0.267 e. The first-order valence-electron chi connectivity index (χ1n) is 9.46. The zero-order chi connectivity index (χ0) is 16.5. The summed E-state index contributed by atoms with van der Waals surface area (Å²) in [5.41, 5.74) is 1.17. The predicted octanol–water partition coefficient (Wildman–Crippen LogP) is 6.96. The Morgan fingerprint density at radius 1 is 0.773 bits per heavy atom. The highest BCUT2D eigenvalue weighted by Gasteiger charge is 2.13. The van der Waals surface area contributed by atoms with Crippen LogP contribution in [0.25, 0.3) is 0 Å². The van der Waals surface area contributed by atoms with Gasteiger partial charge in [-0.2, -0.15) is 0 Å². The first-order chi connectivity index (χ1) is 10.8. The van der Waals surface area contributed by atoms with Crippen molar-refractivity contribution in [3.05, 3.63) is 11.9 Å². The molecule has 2 heteroatoms. The first kappa shape index (κ1) is 21.1. The van der Waals surface area contributed by atoms with Crippen LogP contribution in [0.5, 0.6) is 0 Å². The highest BCUT2D eigenvalue weighted by Crippen LogP contribution is 2.26. The van der Waals surface area contributed by atoms with Crippen molar-refractivity contribution in [2.75, 3.05) is 0 Å². The van der Waals surface area contributed by atoms with Crippen LogP contribution in [-0.2, 0) is 0 Å². The Labute approximate surface area is 139 Å². The van der Waals surface area contributed by atoms with Crippen LogP contribution in [0.1, 0.15) is 98.3 Å². The molecule has 0 aliphatic carbocycles. The molecule has 128 valence electrons. The molecule has 22 heavy (non-hydrogen) atoms. The van der Waals surface area contributed by atoms with E-state index in [0.717, 1.165) is 0 Å². The summed E-state index contributed by atoms with van der Waals surface area (Å²) in [6, 6.07) is 0. The maximum atomic E-state index is 4.60. The van der Waals surface area contributed by atoms with E-state index in [1.54, 1.807) is 0 Å². The molecule has 0 aromatic carbocycles. The lowest BCUT2D eigenvalue weighted by Gasteiger charge is -2.17. The van der Waals surface area contributed by atoms with Crippen molar-refractivity contribution in [3.63, 3.8) is 0 Å². The van der Waals surface area contributed by atoms with Crippen molar-refractivity contribution in [2.24, 2.45) is 15.9 Å². The van der Waals surface area contributed by atoms with Crippen LogP contribution in [-0.4, -0.2) is 12.4 Å². The van der Waals surface area contributed by atoms with E-state index in [0.29, 0.717) is 5.92 Å². The quantitative estimate of drug-likeness (QED) is 0.245. The number of aliphatic imine (C=N–C) groups is 2. The Morgan fingerprint density at radius 3 is 1.82 bits per heavy atom. The number of unbranched alkanes of at least 4 members (excludes halogenated alkanes) is 7. The Bertz CT molecular complexity index is 316. The Kier molecular flexibility index (Phi) is 15.8. The lowest BCUT2D eigenvalue weighted by molar-refractivity contribution is 0.450. The molecule has 0 saturated carbocycles. The molecule has 0 N–H and O–H groups in total. The minimum atomic E-state index is 0.582. The molecule has 0 rings (SSSR count). The van der Waals surface area contributed by atoms with E-state index >= 15 is 0 Å². The minimum absolute atomic E-state index is 0.582. The fourth-order valence-electron chi connectivity index (χ4n) is 2.80. The van der Waals surface area contributed by atoms with E-state index in [9.17, 15) is 0 Å². The first-order valence-corrected chi connectivity index (χ1v) is 9.46.